The highest BCUT2D eigenvalue weighted by atomic mass is 32.1. The Morgan fingerprint density at radius 3 is 2.78 bits per heavy atom. The minimum atomic E-state index is -0.181. The van der Waals surface area contributed by atoms with Gasteiger partial charge in [-0.3, -0.25) is 4.79 Å². The number of ether oxygens (including phenoxy) is 1. The van der Waals surface area contributed by atoms with Crippen molar-refractivity contribution in [2.75, 3.05) is 0 Å². The fourth-order valence-corrected chi connectivity index (χ4v) is 6.04. The Balaban J connectivity index is 1.38. The van der Waals surface area contributed by atoms with E-state index in [4.69, 9.17) is 9.84 Å². The largest absolute Gasteiger partial charge is 0.490 e. The summed E-state index contributed by atoms with van der Waals surface area (Å²) in [5, 5.41) is 11.3. The van der Waals surface area contributed by atoms with Gasteiger partial charge in [0, 0.05) is 23.7 Å². The summed E-state index contributed by atoms with van der Waals surface area (Å²) >= 11 is 2.89. The predicted molar refractivity (Wildman–Crippen MR) is 142 cm³/mol. The first-order valence-corrected chi connectivity index (χ1v) is 13.2. The van der Waals surface area contributed by atoms with Gasteiger partial charge in [0.05, 0.1) is 15.1 Å². The number of fused-ring (bicyclic) bond motifs is 2. The Kier molecular flexibility index (Phi) is 4.86. The SMILES string of the molecule is C[C@H]1Cc2cc(-c3nn(-c4ccccc4)cc3/C=c3\sc4nc(-c5cccs5)nn4c3=O)ccc2O1. The molecule has 0 bridgehead atoms. The molecule has 2 aromatic carbocycles. The van der Waals surface area contributed by atoms with E-state index in [2.05, 4.69) is 23.1 Å². The molecule has 176 valence electrons. The quantitative estimate of drug-likeness (QED) is 0.347. The van der Waals surface area contributed by atoms with E-state index >= 15 is 0 Å². The second kappa shape index (κ2) is 8.25. The molecule has 7 nitrogen and oxygen atoms in total. The van der Waals surface area contributed by atoms with E-state index in [0.717, 1.165) is 39.6 Å². The molecule has 0 fully saturated rings. The van der Waals surface area contributed by atoms with Crippen molar-refractivity contribution in [1.82, 2.24) is 24.4 Å². The van der Waals surface area contributed by atoms with Crippen LogP contribution in [0.25, 0.3) is 38.7 Å². The number of aromatic nitrogens is 5. The molecule has 36 heavy (non-hydrogen) atoms. The molecule has 1 aliphatic heterocycles. The number of thiazole rings is 1. The zero-order chi connectivity index (χ0) is 24.2. The van der Waals surface area contributed by atoms with Crippen molar-refractivity contribution < 1.29 is 4.74 Å². The minimum absolute atomic E-state index is 0.167. The predicted octanol–water partition coefficient (Wildman–Crippen LogP) is 4.60. The van der Waals surface area contributed by atoms with Crippen LogP contribution in [0.5, 0.6) is 5.75 Å². The Morgan fingerprint density at radius 2 is 1.97 bits per heavy atom. The molecule has 6 aromatic rings. The molecular weight excluding hydrogens is 490 g/mol. The normalized spacial score (nSPS) is 15.5. The molecule has 0 spiro atoms. The van der Waals surface area contributed by atoms with Crippen molar-refractivity contribution in [3.8, 4) is 33.4 Å². The first-order chi connectivity index (χ1) is 17.6. The summed E-state index contributed by atoms with van der Waals surface area (Å²) in [5.41, 5.74) is 4.58. The zero-order valence-corrected chi connectivity index (χ0v) is 20.8. The number of benzene rings is 2. The highest BCUT2D eigenvalue weighted by Gasteiger charge is 2.21. The molecule has 1 atom stereocenters. The Morgan fingerprint density at radius 1 is 1.08 bits per heavy atom. The first kappa shape index (κ1) is 21.2. The second-order valence-electron chi connectivity index (χ2n) is 8.69. The van der Waals surface area contributed by atoms with E-state index in [1.165, 1.54) is 21.4 Å². The fraction of sp³-hybridized carbons (Fsp3) is 0.111. The first-order valence-electron chi connectivity index (χ1n) is 11.5. The fourth-order valence-electron chi connectivity index (χ4n) is 4.48. The smallest absolute Gasteiger partial charge is 0.291 e. The van der Waals surface area contributed by atoms with Crippen LogP contribution in [-0.4, -0.2) is 30.5 Å². The lowest BCUT2D eigenvalue weighted by atomic mass is 10.0. The third-order valence-electron chi connectivity index (χ3n) is 6.14. The lowest BCUT2D eigenvalue weighted by molar-refractivity contribution is 0.254. The average Bonchev–Trinajstić information content (AvgIpc) is 3.70. The number of rotatable bonds is 4. The van der Waals surface area contributed by atoms with Gasteiger partial charge in [-0.15, -0.1) is 16.4 Å². The maximum atomic E-state index is 13.2. The topological polar surface area (TPSA) is 74.3 Å². The number of nitrogens with zero attached hydrogens (tertiary/aromatic N) is 5. The van der Waals surface area contributed by atoms with Crippen LogP contribution in [0.4, 0.5) is 0 Å². The van der Waals surface area contributed by atoms with E-state index in [1.807, 2.05) is 76.9 Å². The molecule has 0 saturated heterocycles. The number of hydrogen-bond donors (Lipinski definition) is 0. The van der Waals surface area contributed by atoms with E-state index < -0.39 is 0 Å². The third-order valence-corrected chi connectivity index (χ3v) is 7.97. The number of hydrogen-bond acceptors (Lipinski definition) is 7. The summed E-state index contributed by atoms with van der Waals surface area (Å²) in [6.07, 6.45) is 4.89. The Hall–Kier alpha value is -4.08. The molecular formula is C27H19N5O2S2. The molecule has 0 amide bonds. The van der Waals surface area contributed by atoms with Gasteiger partial charge in [0.25, 0.3) is 5.56 Å². The average molecular weight is 510 g/mol. The van der Waals surface area contributed by atoms with Crippen LogP contribution in [0.1, 0.15) is 18.1 Å². The van der Waals surface area contributed by atoms with Gasteiger partial charge in [0.1, 0.15) is 17.5 Å². The Labute approximate surface area is 213 Å². The lowest BCUT2D eigenvalue weighted by Gasteiger charge is -2.04. The van der Waals surface area contributed by atoms with Crippen LogP contribution in [0.3, 0.4) is 0 Å². The summed E-state index contributed by atoms with van der Waals surface area (Å²) in [7, 11) is 0. The van der Waals surface area contributed by atoms with Crippen molar-refractivity contribution in [3.05, 3.63) is 98.3 Å². The molecule has 0 saturated carbocycles. The molecule has 4 aromatic heterocycles. The maximum absolute atomic E-state index is 13.2. The number of para-hydroxylation sites is 1. The van der Waals surface area contributed by atoms with Gasteiger partial charge < -0.3 is 4.74 Å². The highest BCUT2D eigenvalue weighted by molar-refractivity contribution is 7.15. The van der Waals surface area contributed by atoms with Crippen molar-refractivity contribution in [3.63, 3.8) is 0 Å². The molecule has 0 aliphatic carbocycles. The van der Waals surface area contributed by atoms with Gasteiger partial charge in [0.2, 0.25) is 4.96 Å². The van der Waals surface area contributed by atoms with Crippen molar-refractivity contribution in [2.45, 2.75) is 19.4 Å². The number of thiophene rings is 1. The van der Waals surface area contributed by atoms with Crippen LogP contribution in [0.15, 0.2) is 77.0 Å². The van der Waals surface area contributed by atoms with Crippen molar-refractivity contribution in [1.29, 1.82) is 0 Å². The summed E-state index contributed by atoms with van der Waals surface area (Å²) in [6.45, 7) is 2.07. The van der Waals surface area contributed by atoms with Gasteiger partial charge >= 0.3 is 0 Å². The van der Waals surface area contributed by atoms with Gasteiger partial charge in [-0.2, -0.15) is 14.6 Å². The van der Waals surface area contributed by atoms with Crippen molar-refractivity contribution >= 4 is 33.7 Å². The molecule has 5 heterocycles. The van der Waals surface area contributed by atoms with Gasteiger partial charge in [0.15, 0.2) is 5.82 Å². The van der Waals surface area contributed by atoms with Gasteiger partial charge in [-0.25, -0.2) is 4.68 Å². The third kappa shape index (κ3) is 3.55. The monoisotopic (exact) mass is 509 g/mol. The minimum Gasteiger partial charge on any atom is -0.490 e. The van der Waals surface area contributed by atoms with Crippen molar-refractivity contribution in [2.24, 2.45) is 0 Å². The van der Waals surface area contributed by atoms with Crippen LogP contribution in [0, 0.1) is 0 Å². The molecule has 9 heteroatoms. The van der Waals surface area contributed by atoms with E-state index in [9.17, 15) is 4.79 Å². The summed E-state index contributed by atoms with van der Waals surface area (Å²) in [4.78, 5) is 19.3. The molecule has 0 N–H and O–H groups in total. The molecule has 0 radical (unpaired) electrons. The van der Waals surface area contributed by atoms with Gasteiger partial charge in [-0.1, -0.05) is 35.6 Å². The standard InChI is InChI=1S/C27H19N5O2S2/c1-16-12-18-13-17(9-10-21(18)34-16)24-19(15-31(29-24)20-6-3-2-4-7-20)14-23-26(33)32-27(36-23)28-25(30-32)22-8-5-11-35-22/h2-11,13-16H,12H2,1H3/b23-14-/t16-/m0/s1. The maximum Gasteiger partial charge on any atom is 0.291 e. The highest BCUT2D eigenvalue weighted by Crippen LogP contribution is 2.34. The second-order valence-corrected chi connectivity index (χ2v) is 10.6. The van der Waals surface area contributed by atoms with Crippen LogP contribution in [0.2, 0.25) is 0 Å². The summed E-state index contributed by atoms with van der Waals surface area (Å²) < 4.78 is 9.69. The van der Waals surface area contributed by atoms with Crippen LogP contribution < -0.4 is 14.8 Å². The zero-order valence-electron chi connectivity index (χ0n) is 19.2. The molecule has 7 rings (SSSR count). The lowest BCUT2D eigenvalue weighted by Crippen LogP contribution is -2.23. The molecule has 0 unspecified atom stereocenters. The molecule has 1 aliphatic rings. The van der Waals surface area contributed by atoms with E-state index in [1.54, 1.807) is 11.3 Å². The van der Waals surface area contributed by atoms with E-state index in [0.29, 0.717) is 15.3 Å². The summed E-state index contributed by atoms with van der Waals surface area (Å²) in [5.74, 6) is 1.50. The van der Waals surface area contributed by atoms with Gasteiger partial charge in [-0.05, 0) is 60.3 Å². The van der Waals surface area contributed by atoms with Crippen LogP contribution >= 0.6 is 22.7 Å². The van der Waals surface area contributed by atoms with Crippen LogP contribution in [-0.2, 0) is 6.42 Å². The summed E-state index contributed by atoms with van der Waals surface area (Å²) in [6, 6.07) is 20.0. The van der Waals surface area contributed by atoms with E-state index in [-0.39, 0.29) is 11.7 Å². The Bertz CT molecular complexity index is 1830.